The molecule has 0 saturated carbocycles. The van der Waals surface area contributed by atoms with Gasteiger partial charge in [-0.2, -0.15) is 5.10 Å². The van der Waals surface area contributed by atoms with Gasteiger partial charge in [0.15, 0.2) is 0 Å². The van der Waals surface area contributed by atoms with Crippen molar-refractivity contribution >= 4 is 22.6 Å². The number of hydrogen-bond acceptors (Lipinski definition) is 4. The SMILES string of the molecule is O=C(CC1c2ccccc2-c2ccccc21)N1CCN(C(=O)Cn2cc(-c3ccc(-c4cncc5ccccc45)cc3)cn2)CC1. The molecule has 4 aromatic carbocycles. The number of hydrogen-bond donors (Lipinski definition) is 0. The van der Waals surface area contributed by atoms with Crippen LogP contribution in [0.5, 0.6) is 0 Å². The van der Waals surface area contributed by atoms with E-state index in [2.05, 4.69) is 95.0 Å². The van der Waals surface area contributed by atoms with Crippen LogP contribution in [0, 0.1) is 0 Å². The zero-order valence-corrected chi connectivity index (χ0v) is 25.4. The zero-order valence-electron chi connectivity index (χ0n) is 25.4. The highest BCUT2D eigenvalue weighted by Gasteiger charge is 2.32. The zero-order chi connectivity index (χ0) is 31.0. The van der Waals surface area contributed by atoms with E-state index in [1.807, 2.05) is 40.5 Å². The molecule has 1 aliphatic heterocycles. The van der Waals surface area contributed by atoms with Crippen molar-refractivity contribution in [2.45, 2.75) is 18.9 Å². The van der Waals surface area contributed by atoms with Crippen molar-refractivity contribution in [3.8, 4) is 33.4 Å². The number of pyridine rings is 1. The quantitative estimate of drug-likeness (QED) is 0.214. The second-order valence-corrected chi connectivity index (χ2v) is 12.1. The van der Waals surface area contributed by atoms with Crippen molar-refractivity contribution in [2.24, 2.45) is 0 Å². The van der Waals surface area contributed by atoms with E-state index < -0.39 is 0 Å². The molecule has 0 atom stereocenters. The summed E-state index contributed by atoms with van der Waals surface area (Å²) in [6.45, 7) is 2.32. The maximum absolute atomic E-state index is 13.4. The van der Waals surface area contributed by atoms with Gasteiger partial charge in [0.2, 0.25) is 11.8 Å². The van der Waals surface area contributed by atoms with Crippen molar-refractivity contribution < 1.29 is 9.59 Å². The Bertz CT molecular complexity index is 2020. The molecule has 2 aromatic heterocycles. The molecule has 6 aromatic rings. The molecule has 3 heterocycles. The number of benzene rings is 4. The van der Waals surface area contributed by atoms with Crippen molar-refractivity contribution in [3.63, 3.8) is 0 Å². The van der Waals surface area contributed by atoms with Gasteiger partial charge in [-0.3, -0.25) is 19.3 Å². The van der Waals surface area contributed by atoms with E-state index in [1.54, 1.807) is 10.9 Å². The van der Waals surface area contributed by atoms with Gasteiger partial charge in [-0.25, -0.2) is 0 Å². The van der Waals surface area contributed by atoms with E-state index >= 15 is 0 Å². The predicted molar refractivity (Wildman–Crippen MR) is 180 cm³/mol. The van der Waals surface area contributed by atoms with Gasteiger partial charge in [-0.05, 0) is 38.8 Å². The summed E-state index contributed by atoms with van der Waals surface area (Å²) in [5.74, 6) is 0.224. The summed E-state index contributed by atoms with van der Waals surface area (Å²) >= 11 is 0. The molecular formula is C39H33N5O2. The first-order valence-electron chi connectivity index (χ1n) is 15.8. The van der Waals surface area contributed by atoms with Crippen molar-refractivity contribution in [3.05, 3.63) is 133 Å². The number of amides is 2. The Hall–Kier alpha value is -5.56. The Morgan fingerprint density at radius 2 is 1.22 bits per heavy atom. The molecule has 0 N–H and O–H groups in total. The van der Waals surface area contributed by atoms with Crippen LogP contribution in [0.4, 0.5) is 0 Å². The third kappa shape index (κ3) is 5.13. The highest BCUT2D eigenvalue weighted by molar-refractivity contribution is 5.96. The van der Waals surface area contributed by atoms with Gasteiger partial charge < -0.3 is 9.80 Å². The summed E-state index contributed by atoms with van der Waals surface area (Å²) in [5.41, 5.74) is 9.10. The minimum atomic E-state index is 0.0131. The lowest BCUT2D eigenvalue weighted by atomic mass is 9.93. The Morgan fingerprint density at radius 1 is 0.609 bits per heavy atom. The molecular weight excluding hydrogens is 570 g/mol. The van der Waals surface area contributed by atoms with Crippen LogP contribution in [0.25, 0.3) is 44.2 Å². The molecule has 2 aliphatic rings. The van der Waals surface area contributed by atoms with E-state index in [-0.39, 0.29) is 24.3 Å². The maximum Gasteiger partial charge on any atom is 0.244 e. The minimum Gasteiger partial charge on any atom is -0.339 e. The lowest BCUT2D eigenvalue weighted by Gasteiger charge is -2.35. The Morgan fingerprint density at radius 3 is 1.93 bits per heavy atom. The largest absolute Gasteiger partial charge is 0.339 e. The van der Waals surface area contributed by atoms with Gasteiger partial charge in [0, 0.05) is 73.6 Å². The lowest BCUT2D eigenvalue weighted by Crippen LogP contribution is -2.51. The van der Waals surface area contributed by atoms with Crippen molar-refractivity contribution in [2.75, 3.05) is 26.2 Å². The third-order valence-electron chi connectivity index (χ3n) is 9.45. The molecule has 1 aliphatic carbocycles. The molecule has 0 radical (unpaired) electrons. The molecule has 0 bridgehead atoms. The average Bonchev–Trinajstić information content (AvgIpc) is 3.71. The number of piperazine rings is 1. The fourth-order valence-corrected chi connectivity index (χ4v) is 7.02. The predicted octanol–water partition coefficient (Wildman–Crippen LogP) is 6.64. The van der Waals surface area contributed by atoms with Crippen molar-refractivity contribution in [1.82, 2.24) is 24.6 Å². The lowest BCUT2D eigenvalue weighted by molar-refractivity contribution is -0.140. The van der Waals surface area contributed by atoms with Gasteiger partial charge in [0.1, 0.15) is 6.54 Å². The average molecular weight is 604 g/mol. The summed E-state index contributed by atoms with van der Waals surface area (Å²) in [5, 5.41) is 6.77. The first-order valence-corrected chi connectivity index (χ1v) is 15.8. The third-order valence-corrected chi connectivity index (χ3v) is 9.45. The minimum absolute atomic E-state index is 0.0131. The van der Waals surface area contributed by atoms with Crippen LogP contribution >= 0.6 is 0 Å². The van der Waals surface area contributed by atoms with Gasteiger partial charge >= 0.3 is 0 Å². The van der Waals surface area contributed by atoms with Crippen LogP contribution in [-0.2, 0) is 16.1 Å². The van der Waals surface area contributed by atoms with Crippen LogP contribution in [0.15, 0.2) is 122 Å². The first-order chi connectivity index (χ1) is 22.6. The highest BCUT2D eigenvalue weighted by atomic mass is 16.2. The smallest absolute Gasteiger partial charge is 0.244 e. The number of fused-ring (bicyclic) bond motifs is 4. The van der Waals surface area contributed by atoms with E-state index in [9.17, 15) is 9.59 Å². The number of rotatable bonds is 6. The van der Waals surface area contributed by atoms with Crippen LogP contribution in [0.2, 0.25) is 0 Å². The molecule has 2 amide bonds. The maximum atomic E-state index is 13.4. The normalized spacial score (nSPS) is 14.3. The molecule has 7 heteroatoms. The standard InChI is InChI=1S/C39H33N5O2/c45-38(21-36-34-11-5-3-9-32(34)33-10-4-6-12-35(33)36)42-17-19-43(20-18-42)39(46)26-44-25-30(23-41-44)27-13-15-28(16-14-27)37-24-40-22-29-7-1-2-8-31(29)37/h1-16,22-25,36H,17-21,26H2. The van der Waals surface area contributed by atoms with Crippen LogP contribution < -0.4 is 0 Å². The van der Waals surface area contributed by atoms with E-state index in [1.165, 1.54) is 27.6 Å². The fourth-order valence-electron chi connectivity index (χ4n) is 7.02. The summed E-state index contributed by atoms with van der Waals surface area (Å²) in [6, 6.07) is 33.4. The Labute approximate surface area is 267 Å². The molecule has 7 nitrogen and oxygen atoms in total. The first kappa shape index (κ1) is 28.0. The molecule has 1 saturated heterocycles. The van der Waals surface area contributed by atoms with Gasteiger partial charge in [-0.1, -0.05) is 97.1 Å². The topological polar surface area (TPSA) is 71.3 Å². The van der Waals surface area contributed by atoms with Crippen LogP contribution in [0.3, 0.4) is 0 Å². The second-order valence-electron chi connectivity index (χ2n) is 12.1. The van der Waals surface area contributed by atoms with Crippen molar-refractivity contribution in [1.29, 1.82) is 0 Å². The van der Waals surface area contributed by atoms with E-state index in [4.69, 9.17) is 0 Å². The highest BCUT2D eigenvalue weighted by Crippen LogP contribution is 2.46. The van der Waals surface area contributed by atoms with Gasteiger partial charge in [0.25, 0.3) is 0 Å². The number of carbonyl (C=O) groups is 2. The summed E-state index contributed by atoms with van der Waals surface area (Å²) < 4.78 is 1.70. The molecule has 0 unspecified atom stereocenters. The summed E-state index contributed by atoms with van der Waals surface area (Å²) in [4.78, 5) is 34.8. The number of nitrogens with zero attached hydrogens (tertiary/aromatic N) is 5. The van der Waals surface area contributed by atoms with Gasteiger partial charge in [-0.15, -0.1) is 0 Å². The Balaban J connectivity index is 0.877. The summed E-state index contributed by atoms with van der Waals surface area (Å²) in [6.07, 6.45) is 7.96. The van der Waals surface area contributed by atoms with E-state index in [0.29, 0.717) is 32.6 Å². The van der Waals surface area contributed by atoms with E-state index in [0.717, 1.165) is 27.6 Å². The van der Waals surface area contributed by atoms with Gasteiger partial charge in [0.05, 0.1) is 6.20 Å². The molecule has 1 fully saturated rings. The monoisotopic (exact) mass is 603 g/mol. The molecule has 8 rings (SSSR count). The molecule has 0 spiro atoms. The second kappa shape index (κ2) is 11.7. The summed E-state index contributed by atoms with van der Waals surface area (Å²) in [7, 11) is 0. The fraction of sp³-hybridized carbons (Fsp3) is 0.179. The molecule has 226 valence electrons. The number of aromatic nitrogens is 3. The Kier molecular flexibility index (Phi) is 7.14. The van der Waals surface area contributed by atoms with Crippen LogP contribution in [0.1, 0.15) is 23.5 Å². The number of carbonyl (C=O) groups excluding carboxylic acids is 2. The molecule has 46 heavy (non-hydrogen) atoms. The van der Waals surface area contributed by atoms with Crippen LogP contribution in [-0.4, -0.2) is 62.6 Å².